The van der Waals surface area contributed by atoms with Crippen LogP contribution in [-0.2, 0) is 13.1 Å². The summed E-state index contributed by atoms with van der Waals surface area (Å²) >= 11 is 12.2. The van der Waals surface area contributed by atoms with Crippen LogP contribution in [0.25, 0.3) is 11.6 Å². The number of ether oxygens (including phenoxy) is 2. The average Bonchev–Trinajstić information content (AvgIpc) is 3.45. The molecule has 2 aromatic carbocycles. The normalized spacial score (nSPS) is 12.8. The lowest BCUT2D eigenvalue weighted by atomic mass is 10.1. The van der Waals surface area contributed by atoms with Gasteiger partial charge in [0.1, 0.15) is 18.8 Å². The number of tetrazole rings is 1. The summed E-state index contributed by atoms with van der Waals surface area (Å²) in [5.41, 5.74) is 3.33. The topological polar surface area (TPSA) is 92.8 Å². The molecule has 1 aliphatic heterocycles. The third-order valence-corrected chi connectivity index (χ3v) is 5.49. The van der Waals surface area contributed by atoms with Gasteiger partial charge in [0.05, 0.1) is 19.9 Å². The second-order valence-corrected chi connectivity index (χ2v) is 7.97. The van der Waals surface area contributed by atoms with E-state index in [9.17, 15) is 0 Å². The SMILES string of the molecule is COc1cccc2c1OCC(c1nnn(Cc3cn(Cc4ccc(Cl)cc4Cl)nn3)n1)=C2. The Hall–Kier alpha value is -3.43. The van der Waals surface area contributed by atoms with Gasteiger partial charge in [0.25, 0.3) is 0 Å². The maximum atomic E-state index is 6.24. The number of hydrogen-bond acceptors (Lipinski definition) is 7. The Morgan fingerprint density at radius 2 is 2.00 bits per heavy atom. The average molecular weight is 470 g/mol. The Labute approximate surface area is 193 Å². The molecule has 162 valence electrons. The fourth-order valence-electron chi connectivity index (χ4n) is 3.37. The molecule has 0 saturated carbocycles. The maximum absolute atomic E-state index is 6.24. The van der Waals surface area contributed by atoms with Gasteiger partial charge in [0.15, 0.2) is 11.5 Å². The van der Waals surface area contributed by atoms with Crippen molar-refractivity contribution in [1.82, 2.24) is 35.2 Å². The molecule has 0 atom stereocenters. The van der Waals surface area contributed by atoms with Crippen molar-refractivity contribution in [3.8, 4) is 11.5 Å². The van der Waals surface area contributed by atoms with Crippen LogP contribution in [0.5, 0.6) is 11.5 Å². The van der Waals surface area contributed by atoms with Crippen LogP contribution in [0.4, 0.5) is 0 Å². The van der Waals surface area contributed by atoms with Crippen molar-refractivity contribution in [2.75, 3.05) is 13.7 Å². The van der Waals surface area contributed by atoms with E-state index in [4.69, 9.17) is 32.7 Å². The number of para-hydroxylation sites is 1. The Kier molecular flexibility index (Phi) is 5.50. The second-order valence-electron chi connectivity index (χ2n) is 7.12. The molecule has 0 saturated heterocycles. The van der Waals surface area contributed by atoms with Crippen molar-refractivity contribution in [2.45, 2.75) is 13.1 Å². The van der Waals surface area contributed by atoms with Crippen LogP contribution in [0.1, 0.15) is 22.6 Å². The first kappa shape index (κ1) is 20.5. The van der Waals surface area contributed by atoms with Crippen molar-refractivity contribution >= 4 is 34.9 Å². The van der Waals surface area contributed by atoms with Gasteiger partial charge in [0, 0.05) is 21.2 Å². The van der Waals surface area contributed by atoms with E-state index in [0.29, 0.717) is 52.8 Å². The van der Waals surface area contributed by atoms with Crippen LogP contribution >= 0.6 is 23.2 Å². The number of halogens is 2. The third kappa shape index (κ3) is 4.17. The first-order valence-electron chi connectivity index (χ1n) is 9.70. The van der Waals surface area contributed by atoms with Crippen LogP contribution in [0, 0.1) is 0 Å². The molecule has 0 spiro atoms. The van der Waals surface area contributed by atoms with Crippen LogP contribution in [0.2, 0.25) is 10.0 Å². The van der Waals surface area contributed by atoms with Crippen molar-refractivity contribution in [3.05, 3.63) is 75.3 Å². The van der Waals surface area contributed by atoms with Crippen LogP contribution < -0.4 is 9.47 Å². The lowest BCUT2D eigenvalue weighted by Crippen LogP contribution is -2.09. The largest absolute Gasteiger partial charge is 0.493 e. The van der Waals surface area contributed by atoms with Crippen molar-refractivity contribution in [1.29, 1.82) is 0 Å². The fourth-order valence-corrected chi connectivity index (χ4v) is 3.83. The predicted octanol–water partition coefficient (Wildman–Crippen LogP) is 3.61. The zero-order valence-corrected chi connectivity index (χ0v) is 18.5. The number of nitrogens with zero attached hydrogens (tertiary/aromatic N) is 7. The van der Waals surface area contributed by atoms with E-state index in [2.05, 4.69) is 25.7 Å². The molecule has 1 aliphatic rings. The highest BCUT2D eigenvalue weighted by molar-refractivity contribution is 6.35. The van der Waals surface area contributed by atoms with E-state index in [1.165, 1.54) is 4.80 Å². The summed E-state index contributed by atoms with van der Waals surface area (Å²) in [5, 5.41) is 22.3. The van der Waals surface area contributed by atoms with E-state index in [1.807, 2.05) is 36.5 Å². The van der Waals surface area contributed by atoms with Crippen molar-refractivity contribution in [2.24, 2.45) is 0 Å². The molecule has 9 nitrogen and oxygen atoms in total. The molecule has 3 heterocycles. The lowest BCUT2D eigenvalue weighted by molar-refractivity contribution is 0.327. The van der Waals surface area contributed by atoms with Gasteiger partial charge < -0.3 is 9.47 Å². The Bertz CT molecular complexity index is 1320. The van der Waals surface area contributed by atoms with Gasteiger partial charge in [-0.25, -0.2) is 4.68 Å². The first-order chi connectivity index (χ1) is 15.6. The van der Waals surface area contributed by atoms with Gasteiger partial charge in [-0.1, -0.05) is 46.6 Å². The highest BCUT2D eigenvalue weighted by Crippen LogP contribution is 2.36. The molecule has 0 radical (unpaired) electrons. The zero-order valence-electron chi connectivity index (χ0n) is 16.9. The molecule has 0 unspecified atom stereocenters. The fraction of sp³-hybridized carbons (Fsp3) is 0.190. The molecule has 2 aromatic heterocycles. The number of rotatable bonds is 6. The number of aromatic nitrogens is 7. The molecule has 5 rings (SSSR count). The van der Waals surface area contributed by atoms with Crippen molar-refractivity contribution < 1.29 is 9.47 Å². The molecular formula is C21H17Cl2N7O2. The third-order valence-electron chi connectivity index (χ3n) is 4.91. The smallest absolute Gasteiger partial charge is 0.204 e. The van der Waals surface area contributed by atoms with Crippen LogP contribution in [0.15, 0.2) is 42.6 Å². The van der Waals surface area contributed by atoms with Crippen LogP contribution in [0.3, 0.4) is 0 Å². The second kappa shape index (κ2) is 8.60. The summed E-state index contributed by atoms with van der Waals surface area (Å²) in [6.07, 6.45) is 3.80. The Morgan fingerprint density at radius 1 is 1.09 bits per heavy atom. The Balaban J connectivity index is 1.29. The molecule has 4 aromatic rings. The summed E-state index contributed by atoms with van der Waals surface area (Å²) < 4.78 is 12.9. The number of hydrogen-bond donors (Lipinski definition) is 0. The monoisotopic (exact) mass is 469 g/mol. The minimum atomic E-state index is 0.330. The van der Waals surface area contributed by atoms with Crippen molar-refractivity contribution in [3.63, 3.8) is 0 Å². The van der Waals surface area contributed by atoms with Crippen LogP contribution in [-0.4, -0.2) is 48.9 Å². The van der Waals surface area contributed by atoms with Gasteiger partial charge in [0.2, 0.25) is 5.82 Å². The summed E-state index contributed by atoms with van der Waals surface area (Å²) in [4.78, 5) is 1.47. The van der Waals surface area contributed by atoms with Gasteiger partial charge in [-0.15, -0.1) is 15.3 Å². The molecule has 11 heteroatoms. The molecule has 32 heavy (non-hydrogen) atoms. The molecular weight excluding hydrogens is 453 g/mol. The van der Waals surface area contributed by atoms with E-state index < -0.39 is 0 Å². The molecule has 0 amide bonds. The Morgan fingerprint density at radius 3 is 2.84 bits per heavy atom. The predicted molar refractivity (Wildman–Crippen MR) is 119 cm³/mol. The zero-order chi connectivity index (χ0) is 22.1. The van der Waals surface area contributed by atoms with E-state index >= 15 is 0 Å². The lowest BCUT2D eigenvalue weighted by Gasteiger charge is -2.18. The number of benzene rings is 2. The number of methoxy groups -OCH3 is 1. The van der Waals surface area contributed by atoms with E-state index in [1.54, 1.807) is 23.9 Å². The van der Waals surface area contributed by atoms with Gasteiger partial charge in [-0.05, 0) is 35.1 Å². The summed E-state index contributed by atoms with van der Waals surface area (Å²) in [6.45, 7) is 1.14. The standard InChI is InChI=1S/C21H17Cl2N7O2/c1-31-19-4-2-3-13-7-15(12-32-20(13)19)21-25-28-30(26-21)11-17-10-29(27-24-17)9-14-5-6-16(22)8-18(14)23/h2-8,10H,9,11-12H2,1H3. The highest BCUT2D eigenvalue weighted by atomic mass is 35.5. The van der Waals surface area contributed by atoms with Gasteiger partial charge in [-0.2, -0.15) is 4.80 Å². The van der Waals surface area contributed by atoms with E-state index in [0.717, 1.165) is 16.7 Å². The summed E-state index contributed by atoms with van der Waals surface area (Å²) in [6, 6.07) is 11.1. The van der Waals surface area contributed by atoms with Gasteiger partial charge >= 0.3 is 0 Å². The van der Waals surface area contributed by atoms with Gasteiger partial charge in [-0.3, -0.25) is 0 Å². The minimum Gasteiger partial charge on any atom is -0.493 e. The summed E-state index contributed by atoms with van der Waals surface area (Å²) in [5.74, 6) is 1.90. The minimum absolute atomic E-state index is 0.330. The maximum Gasteiger partial charge on any atom is 0.204 e. The highest BCUT2D eigenvalue weighted by Gasteiger charge is 2.20. The molecule has 0 N–H and O–H groups in total. The molecule has 0 aliphatic carbocycles. The van der Waals surface area contributed by atoms with E-state index in [-0.39, 0.29) is 0 Å². The summed E-state index contributed by atoms with van der Waals surface area (Å²) in [7, 11) is 1.62. The number of fused-ring (bicyclic) bond motifs is 1. The quantitative estimate of drug-likeness (QED) is 0.425. The molecule has 0 fully saturated rings. The molecule has 0 bridgehead atoms. The first-order valence-corrected chi connectivity index (χ1v) is 10.5.